The molecule has 0 aliphatic carbocycles. The summed E-state index contributed by atoms with van der Waals surface area (Å²) in [6.07, 6.45) is 1.54. The van der Waals surface area contributed by atoms with Gasteiger partial charge in [0.2, 0.25) is 10.0 Å². The van der Waals surface area contributed by atoms with Crippen LogP contribution in [0.3, 0.4) is 0 Å². The minimum absolute atomic E-state index is 0.0724. The summed E-state index contributed by atoms with van der Waals surface area (Å²) in [6.45, 7) is 3.58. The quantitative estimate of drug-likeness (QED) is 0.898. The van der Waals surface area contributed by atoms with Gasteiger partial charge in [-0.15, -0.1) is 0 Å². The van der Waals surface area contributed by atoms with Crippen LogP contribution < -0.4 is 0 Å². The van der Waals surface area contributed by atoms with Crippen molar-refractivity contribution in [3.63, 3.8) is 0 Å². The largest absolute Gasteiger partial charge is 0.351 e. The summed E-state index contributed by atoms with van der Waals surface area (Å²) in [4.78, 5) is 17.5. The van der Waals surface area contributed by atoms with Gasteiger partial charge in [0.1, 0.15) is 5.69 Å². The molecule has 1 fully saturated rings. The Labute approximate surface area is 142 Å². The number of carbonyl (C=O) groups excluding carboxylic acids is 1. The van der Waals surface area contributed by atoms with Crippen LogP contribution >= 0.6 is 0 Å². The Balaban J connectivity index is 1.65. The molecule has 1 aromatic carbocycles. The van der Waals surface area contributed by atoms with Crippen molar-refractivity contribution in [2.75, 3.05) is 31.9 Å². The summed E-state index contributed by atoms with van der Waals surface area (Å²) in [5, 5.41) is 1.00. The maximum atomic E-state index is 12.6. The molecule has 0 spiro atoms. The van der Waals surface area contributed by atoms with Crippen LogP contribution in [0.4, 0.5) is 0 Å². The molecule has 6 nitrogen and oxygen atoms in total. The molecule has 7 heteroatoms. The van der Waals surface area contributed by atoms with Crippen LogP contribution in [0.5, 0.6) is 0 Å². The molecule has 1 aliphatic rings. The van der Waals surface area contributed by atoms with Crippen molar-refractivity contribution in [1.82, 2.24) is 14.2 Å². The van der Waals surface area contributed by atoms with Crippen molar-refractivity contribution < 1.29 is 13.2 Å². The zero-order valence-corrected chi connectivity index (χ0v) is 14.7. The van der Waals surface area contributed by atoms with Gasteiger partial charge in [0, 0.05) is 37.1 Å². The Morgan fingerprint density at radius 3 is 2.54 bits per heavy atom. The fourth-order valence-electron chi connectivity index (χ4n) is 2.98. The Morgan fingerprint density at radius 2 is 1.88 bits per heavy atom. The molecule has 1 N–H and O–H groups in total. The molecule has 2 heterocycles. The third-order valence-corrected chi connectivity index (χ3v) is 6.39. The fraction of sp³-hybridized carbons (Fsp3) is 0.471. The van der Waals surface area contributed by atoms with Crippen molar-refractivity contribution in [3.8, 4) is 0 Å². The summed E-state index contributed by atoms with van der Waals surface area (Å²) in [5.41, 5.74) is 1.49. The maximum Gasteiger partial charge on any atom is 0.270 e. The van der Waals surface area contributed by atoms with E-state index in [1.165, 1.54) is 4.31 Å². The van der Waals surface area contributed by atoms with E-state index >= 15 is 0 Å². The van der Waals surface area contributed by atoms with Crippen LogP contribution in [0.25, 0.3) is 10.9 Å². The second kappa shape index (κ2) is 6.94. The number of piperazine rings is 1. The third-order valence-electron chi connectivity index (χ3n) is 4.44. The lowest BCUT2D eigenvalue weighted by Gasteiger charge is -2.33. The van der Waals surface area contributed by atoms with E-state index in [1.807, 2.05) is 37.3 Å². The van der Waals surface area contributed by atoms with Gasteiger partial charge in [0.05, 0.1) is 5.75 Å². The van der Waals surface area contributed by atoms with Gasteiger partial charge in [-0.2, -0.15) is 4.31 Å². The van der Waals surface area contributed by atoms with E-state index in [0.29, 0.717) is 38.3 Å². The molecule has 0 unspecified atom stereocenters. The normalized spacial score (nSPS) is 16.6. The zero-order valence-electron chi connectivity index (χ0n) is 13.9. The number of rotatable bonds is 5. The highest BCUT2D eigenvalue weighted by molar-refractivity contribution is 7.89. The second-order valence-corrected chi connectivity index (χ2v) is 8.22. The molecule has 0 radical (unpaired) electrons. The lowest BCUT2D eigenvalue weighted by molar-refractivity contribution is 0.0693. The van der Waals surface area contributed by atoms with Crippen LogP contribution in [0.15, 0.2) is 30.3 Å². The number of benzene rings is 1. The van der Waals surface area contributed by atoms with E-state index in [-0.39, 0.29) is 11.7 Å². The first kappa shape index (κ1) is 17.0. The first-order chi connectivity index (χ1) is 11.5. The minimum Gasteiger partial charge on any atom is -0.351 e. The van der Waals surface area contributed by atoms with E-state index in [9.17, 15) is 13.2 Å². The van der Waals surface area contributed by atoms with Gasteiger partial charge in [-0.05, 0) is 18.6 Å². The molecule has 0 atom stereocenters. The van der Waals surface area contributed by atoms with Crippen molar-refractivity contribution in [3.05, 3.63) is 36.0 Å². The molecule has 0 saturated carbocycles. The van der Waals surface area contributed by atoms with Crippen LogP contribution in [-0.4, -0.2) is 60.4 Å². The van der Waals surface area contributed by atoms with Gasteiger partial charge in [0.15, 0.2) is 0 Å². The molecule has 3 rings (SSSR count). The number of H-pyrrole nitrogens is 1. The van der Waals surface area contributed by atoms with Crippen molar-refractivity contribution >= 4 is 26.8 Å². The number of hydrogen-bond donors (Lipinski definition) is 1. The number of nitrogens with one attached hydrogen (secondary N) is 1. The predicted octanol–water partition coefficient (Wildman–Crippen LogP) is 2.06. The van der Waals surface area contributed by atoms with Crippen molar-refractivity contribution in [2.45, 2.75) is 19.8 Å². The average molecular weight is 349 g/mol. The lowest BCUT2D eigenvalue weighted by atomic mass is 10.2. The molecule has 2 aromatic rings. The zero-order chi connectivity index (χ0) is 17.2. The summed E-state index contributed by atoms with van der Waals surface area (Å²) in [6, 6.07) is 9.60. The molecular weight excluding hydrogens is 326 g/mol. The monoisotopic (exact) mass is 349 g/mol. The molecule has 0 bridgehead atoms. The molecule has 1 amide bonds. The number of nitrogens with zero attached hydrogens (tertiary/aromatic N) is 2. The topological polar surface area (TPSA) is 73.5 Å². The minimum atomic E-state index is -3.19. The SMILES string of the molecule is CCCCS(=O)(=O)N1CCN(C(=O)c2cc3ccccc3[nH]2)CC1. The maximum absolute atomic E-state index is 12.6. The number of unbranched alkanes of at least 4 members (excludes halogenated alkanes) is 1. The van der Waals surface area contributed by atoms with Gasteiger partial charge in [0.25, 0.3) is 5.91 Å². The highest BCUT2D eigenvalue weighted by Gasteiger charge is 2.29. The number of para-hydroxylation sites is 1. The van der Waals surface area contributed by atoms with Crippen molar-refractivity contribution in [1.29, 1.82) is 0 Å². The number of carbonyl (C=O) groups is 1. The summed E-state index contributed by atoms with van der Waals surface area (Å²) in [5.74, 6) is 0.122. The molecule has 130 valence electrons. The number of hydrogen-bond acceptors (Lipinski definition) is 3. The van der Waals surface area contributed by atoms with Gasteiger partial charge >= 0.3 is 0 Å². The highest BCUT2D eigenvalue weighted by Crippen LogP contribution is 2.17. The fourth-order valence-corrected chi connectivity index (χ4v) is 4.62. The van der Waals surface area contributed by atoms with E-state index in [0.717, 1.165) is 17.3 Å². The van der Waals surface area contributed by atoms with E-state index < -0.39 is 10.0 Å². The highest BCUT2D eigenvalue weighted by atomic mass is 32.2. The summed E-state index contributed by atoms with van der Waals surface area (Å²) >= 11 is 0. The van der Waals surface area contributed by atoms with Crippen LogP contribution in [-0.2, 0) is 10.0 Å². The smallest absolute Gasteiger partial charge is 0.270 e. The van der Waals surface area contributed by atoms with E-state index in [4.69, 9.17) is 0 Å². The standard InChI is InChI=1S/C17H23N3O3S/c1-2-3-12-24(22,23)20-10-8-19(9-11-20)17(21)16-13-14-6-4-5-7-15(14)18-16/h4-7,13,18H,2-3,8-12H2,1H3. The van der Waals surface area contributed by atoms with Gasteiger partial charge in [-0.1, -0.05) is 31.5 Å². The van der Waals surface area contributed by atoms with E-state index in [2.05, 4.69) is 4.98 Å². The number of aromatic amines is 1. The molecule has 1 aliphatic heterocycles. The lowest BCUT2D eigenvalue weighted by Crippen LogP contribution is -2.51. The third kappa shape index (κ3) is 3.47. The Hall–Kier alpha value is -1.86. The molecular formula is C17H23N3O3S. The number of amides is 1. The Kier molecular flexibility index (Phi) is 4.91. The number of aromatic nitrogens is 1. The summed E-state index contributed by atoms with van der Waals surface area (Å²) < 4.78 is 26.0. The molecule has 1 aromatic heterocycles. The van der Waals surface area contributed by atoms with Gasteiger partial charge < -0.3 is 9.88 Å². The summed E-state index contributed by atoms with van der Waals surface area (Å²) in [7, 11) is -3.19. The van der Waals surface area contributed by atoms with Crippen LogP contribution in [0, 0.1) is 0 Å². The first-order valence-corrected chi connectivity index (χ1v) is 9.97. The number of fused-ring (bicyclic) bond motifs is 1. The van der Waals surface area contributed by atoms with Crippen LogP contribution in [0.1, 0.15) is 30.3 Å². The van der Waals surface area contributed by atoms with Crippen LogP contribution in [0.2, 0.25) is 0 Å². The van der Waals surface area contributed by atoms with Gasteiger partial charge in [-0.25, -0.2) is 8.42 Å². The first-order valence-electron chi connectivity index (χ1n) is 8.36. The molecule has 1 saturated heterocycles. The number of sulfonamides is 1. The average Bonchev–Trinajstić information content (AvgIpc) is 3.03. The predicted molar refractivity (Wildman–Crippen MR) is 94.5 cm³/mol. The van der Waals surface area contributed by atoms with Gasteiger partial charge in [-0.3, -0.25) is 4.79 Å². The molecule has 24 heavy (non-hydrogen) atoms. The van der Waals surface area contributed by atoms with E-state index in [1.54, 1.807) is 4.90 Å². The Morgan fingerprint density at radius 1 is 1.17 bits per heavy atom. The van der Waals surface area contributed by atoms with Crippen molar-refractivity contribution in [2.24, 2.45) is 0 Å². The Bertz CT molecular complexity index is 787. The second-order valence-electron chi connectivity index (χ2n) is 6.13.